The standard InChI is InChI=1S/C19H24N4O.C2H6/c1-13-11-23(19(24)17-8-6-5-7-9-17)14(2)10-22(13)18-15(3)16(4)20-12-21-18;1-2/h5-9,12-14H,10-11H2,1-4H3;1-2H3/t13-,14+;/m0./s1. The maximum absolute atomic E-state index is 12.8. The van der Waals surface area contributed by atoms with Crippen LogP contribution in [0.25, 0.3) is 0 Å². The van der Waals surface area contributed by atoms with Gasteiger partial charge in [-0.1, -0.05) is 32.0 Å². The SMILES string of the molecule is CC.Cc1ncnc(N2C[C@@H](C)N(C(=O)c3ccccc3)C[C@@H]2C)c1C. The van der Waals surface area contributed by atoms with Crippen LogP contribution in [-0.2, 0) is 0 Å². The molecule has 5 heteroatoms. The van der Waals surface area contributed by atoms with Gasteiger partial charge in [-0.25, -0.2) is 9.97 Å². The van der Waals surface area contributed by atoms with Gasteiger partial charge in [0.25, 0.3) is 5.91 Å². The van der Waals surface area contributed by atoms with Crippen LogP contribution in [0.5, 0.6) is 0 Å². The first-order chi connectivity index (χ1) is 12.5. The smallest absolute Gasteiger partial charge is 0.254 e. The summed E-state index contributed by atoms with van der Waals surface area (Å²) in [5.74, 6) is 1.08. The average molecular weight is 354 g/mol. The Bertz CT molecular complexity index is 732. The van der Waals surface area contributed by atoms with Crippen LogP contribution >= 0.6 is 0 Å². The number of carbonyl (C=O) groups is 1. The molecule has 1 fully saturated rings. The number of aryl methyl sites for hydroxylation is 1. The van der Waals surface area contributed by atoms with E-state index in [2.05, 4.69) is 35.6 Å². The summed E-state index contributed by atoms with van der Waals surface area (Å²) in [6.45, 7) is 13.8. The normalized spacial score (nSPS) is 19.6. The molecule has 140 valence electrons. The van der Waals surface area contributed by atoms with Crippen LogP contribution in [0, 0.1) is 13.8 Å². The van der Waals surface area contributed by atoms with Gasteiger partial charge in [-0.2, -0.15) is 0 Å². The van der Waals surface area contributed by atoms with Gasteiger partial charge in [0.15, 0.2) is 0 Å². The van der Waals surface area contributed by atoms with Crippen LogP contribution in [-0.4, -0.2) is 45.9 Å². The van der Waals surface area contributed by atoms with Crippen molar-refractivity contribution in [2.75, 3.05) is 18.0 Å². The molecule has 1 aliphatic rings. The number of aromatic nitrogens is 2. The Hall–Kier alpha value is -2.43. The van der Waals surface area contributed by atoms with Gasteiger partial charge in [-0.05, 0) is 39.8 Å². The van der Waals surface area contributed by atoms with E-state index in [0.29, 0.717) is 6.54 Å². The number of piperazine rings is 1. The number of carbonyl (C=O) groups excluding carboxylic acids is 1. The lowest BCUT2D eigenvalue weighted by molar-refractivity contribution is 0.0644. The number of hydrogen-bond donors (Lipinski definition) is 0. The lowest BCUT2D eigenvalue weighted by Crippen LogP contribution is -2.58. The molecular weight excluding hydrogens is 324 g/mol. The Morgan fingerprint density at radius 2 is 1.65 bits per heavy atom. The van der Waals surface area contributed by atoms with Crippen molar-refractivity contribution >= 4 is 11.7 Å². The molecule has 0 radical (unpaired) electrons. The molecule has 0 unspecified atom stereocenters. The molecule has 1 amide bonds. The zero-order valence-corrected chi connectivity index (χ0v) is 16.7. The fourth-order valence-corrected chi connectivity index (χ4v) is 3.27. The average Bonchev–Trinajstić information content (AvgIpc) is 2.67. The van der Waals surface area contributed by atoms with Crippen molar-refractivity contribution in [3.05, 3.63) is 53.5 Å². The predicted molar refractivity (Wildman–Crippen MR) is 107 cm³/mol. The molecule has 26 heavy (non-hydrogen) atoms. The van der Waals surface area contributed by atoms with Gasteiger partial charge in [-0.3, -0.25) is 4.79 Å². The minimum Gasteiger partial charge on any atom is -0.350 e. The molecule has 0 aliphatic carbocycles. The Morgan fingerprint density at radius 1 is 1.00 bits per heavy atom. The van der Waals surface area contributed by atoms with Crippen molar-refractivity contribution in [3.8, 4) is 0 Å². The van der Waals surface area contributed by atoms with Crippen LogP contribution in [0.15, 0.2) is 36.7 Å². The van der Waals surface area contributed by atoms with E-state index >= 15 is 0 Å². The number of hydrogen-bond acceptors (Lipinski definition) is 4. The molecule has 3 rings (SSSR count). The van der Waals surface area contributed by atoms with Crippen molar-refractivity contribution in [2.45, 2.75) is 53.6 Å². The van der Waals surface area contributed by atoms with Crippen LogP contribution in [0.2, 0.25) is 0 Å². The van der Waals surface area contributed by atoms with Crippen molar-refractivity contribution in [3.63, 3.8) is 0 Å². The number of anilines is 1. The van der Waals surface area contributed by atoms with Crippen molar-refractivity contribution in [2.24, 2.45) is 0 Å². The molecule has 2 aromatic rings. The third-order valence-corrected chi connectivity index (χ3v) is 4.85. The Kier molecular flexibility index (Phi) is 6.72. The molecule has 1 aromatic heterocycles. The Balaban J connectivity index is 0.00000117. The molecule has 5 nitrogen and oxygen atoms in total. The summed E-state index contributed by atoms with van der Waals surface area (Å²) in [5.41, 5.74) is 2.86. The zero-order chi connectivity index (χ0) is 19.3. The van der Waals surface area contributed by atoms with Crippen molar-refractivity contribution in [1.82, 2.24) is 14.9 Å². The predicted octanol–water partition coefficient (Wildman–Crippen LogP) is 3.86. The summed E-state index contributed by atoms with van der Waals surface area (Å²) in [4.78, 5) is 25.8. The summed E-state index contributed by atoms with van der Waals surface area (Å²) in [5, 5.41) is 0. The van der Waals surface area contributed by atoms with E-state index in [1.54, 1.807) is 6.33 Å². The maximum atomic E-state index is 12.8. The van der Waals surface area contributed by atoms with Crippen LogP contribution in [0.4, 0.5) is 5.82 Å². The lowest BCUT2D eigenvalue weighted by atomic mass is 10.1. The fourth-order valence-electron chi connectivity index (χ4n) is 3.27. The van der Waals surface area contributed by atoms with E-state index < -0.39 is 0 Å². The second kappa shape index (κ2) is 8.79. The van der Waals surface area contributed by atoms with E-state index in [0.717, 1.165) is 29.2 Å². The van der Waals surface area contributed by atoms with Crippen molar-refractivity contribution < 1.29 is 4.79 Å². The minimum absolute atomic E-state index is 0.102. The third-order valence-electron chi connectivity index (χ3n) is 4.85. The molecule has 1 aromatic carbocycles. The van der Waals surface area contributed by atoms with E-state index in [-0.39, 0.29) is 18.0 Å². The summed E-state index contributed by atoms with van der Waals surface area (Å²) in [6.07, 6.45) is 1.62. The second-order valence-electron chi connectivity index (χ2n) is 6.58. The van der Waals surface area contributed by atoms with Crippen LogP contribution in [0.3, 0.4) is 0 Å². The summed E-state index contributed by atoms with van der Waals surface area (Å²) in [6, 6.07) is 9.84. The fraction of sp³-hybridized carbons (Fsp3) is 0.476. The van der Waals surface area contributed by atoms with Gasteiger partial charge in [-0.15, -0.1) is 0 Å². The number of amides is 1. The van der Waals surface area contributed by atoms with Gasteiger partial charge in [0, 0.05) is 42.0 Å². The van der Waals surface area contributed by atoms with E-state index in [1.807, 2.05) is 56.0 Å². The molecule has 0 bridgehead atoms. The van der Waals surface area contributed by atoms with Gasteiger partial charge in [0.2, 0.25) is 0 Å². The molecule has 1 saturated heterocycles. The largest absolute Gasteiger partial charge is 0.350 e. The molecule has 1 aliphatic heterocycles. The highest BCUT2D eigenvalue weighted by atomic mass is 16.2. The van der Waals surface area contributed by atoms with E-state index in [4.69, 9.17) is 0 Å². The monoisotopic (exact) mass is 354 g/mol. The quantitative estimate of drug-likeness (QED) is 0.822. The Labute approximate surface area is 157 Å². The first-order valence-corrected chi connectivity index (χ1v) is 9.40. The first kappa shape index (κ1) is 19.9. The van der Waals surface area contributed by atoms with E-state index in [9.17, 15) is 4.79 Å². The van der Waals surface area contributed by atoms with Gasteiger partial charge >= 0.3 is 0 Å². The first-order valence-electron chi connectivity index (χ1n) is 9.40. The zero-order valence-electron chi connectivity index (χ0n) is 16.7. The highest BCUT2D eigenvalue weighted by Crippen LogP contribution is 2.26. The second-order valence-corrected chi connectivity index (χ2v) is 6.58. The van der Waals surface area contributed by atoms with Crippen LogP contribution < -0.4 is 4.90 Å². The maximum Gasteiger partial charge on any atom is 0.254 e. The highest BCUT2D eigenvalue weighted by molar-refractivity contribution is 5.94. The third kappa shape index (κ3) is 4.03. The topological polar surface area (TPSA) is 49.3 Å². The molecule has 2 atom stereocenters. The van der Waals surface area contributed by atoms with Gasteiger partial charge in [0.05, 0.1) is 0 Å². The number of nitrogens with zero attached hydrogens (tertiary/aromatic N) is 4. The molecule has 0 saturated carbocycles. The molecule has 2 heterocycles. The molecule has 0 spiro atoms. The van der Waals surface area contributed by atoms with Gasteiger partial charge < -0.3 is 9.80 Å². The summed E-state index contributed by atoms with van der Waals surface area (Å²) in [7, 11) is 0. The summed E-state index contributed by atoms with van der Waals surface area (Å²) < 4.78 is 0. The molecular formula is C21H30N4O. The van der Waals surface area contributed by atoms with Crippen LogP contribution in [0.1, 0.15) is 49.3 Å². The highest BCUT2D eigenvalue weighted by Gasteiger charge is 2.33. The Morgan fingerprint density at radius 3 is 2.31 bits per heavy atom. The van der Waals surface area contributed by atoms with E-state index in [1.165, 1.54) is 0 Å². The lowest BCUT2D eigenvalue weighted by Gasteiger charge is -2.45. The van der Waals surface area contributed by atoms with Gasteiger partial charge in [0.1, 0.15) is 12.1 Å². The number of rotatable bonds is 2. The molecule has 0 N–H and O–H groups in total. The van der Waals surface area contributed by atoms with Crippen molar-refractivity contribution in [1.29, 1.82) is 0 Å². The summed E-state index contributed by atoms with van der Waals surface area (Å²) >= 11 is 0. The number of benzene rings is 1. The minimum atomic E-state index is 0.102.